The summed E-state index contributed by atoms with van der Waals surface area (Å²) in [5.41, 5.74) is 4.94. The van der Waals surface area contributed by atoms with Crippen molar-refractivity contribution in [1.29, 1.82) is 0 Å². The zero-order chi connectivity index (χ0) is 9.68. The van der Waals surface area contributed by atoms with Crippen LogP contribution in [0.15, 0.2) is 10.6 Å². The molecule has 0 bridgehead atoms. The number of hydrogen-bond donors (Lipinski definition) is 2. The summed E-state index contributed by atoms with van der Waals surface area (Å²) in [6.07, 6.45) is 1.57. The number of amides is 2. The Hall–Kier alpha value is -1.43. The highest BCUT2D eigenvalue weighted by atomic mass is 32.1. The highest BCUT2D eigenvalue weighted by molar-refractivity contribution is 7.11. The van der Waals surface area contributed by atoms with E-state index in [0.717, 1.165) is 10.6 Å². The minimum Gasteiger partial charge on any atom is -0.340 e. The molecular formula is C7H10N4OS. The molecule has 0 atom stereocenters. The van der Waals surface area contributed by atoms with Crippen molar-refractivity contribution < 1.29 is 4.79 Å². The van der Waals surface area contributed by atoms with Crippen molar-refractivity contribution in [2.24, 2.45) is 5.10 Å². The molecular weight excluding hydrogens is 188 g/mol. The first kappa shape index (κ1) is 9.66. The average Bonchev–Trinajstić information content (AvgIpc) is 2.52. The van der Waals surface area contributed by atoms with Gasteiger partial charge in [0.1, 0.15) is 0 Å². The van der Waals surface area contributed by atoms with Gasteiger partial charge in [-0.15, -0.1) is 11.3 Å². The smallest absolute Gasteiger partial charge is 0.334 e. The van der Waals surface area contributed by atoms with E-state index in [1.807, 2.05) is 6.92 Å². The van der Waals surface area contributed by atoms with Crippen molar-refractivity contribution >= 4 is 23.6 Å². The molecule has 70 valence electrons. The van der Waals surface area contributed by atoms with Crippen LogP contribution in [0.2, 0.25) is 0 Å². The predicted molar refractivity (Wildman–Crippen MR) is 52.0 cm³/mol. The number of aromatic nitrogens is 1. The molecule has 0 aromatic carbocycles. The zero-order valence-electron chi connectivity index (χ0n) is 7.37. The Bertz CT molecular complexity index is 320. The number of thiazole rings is 1. The summed E-state index contributed by atoms with van der Waals surface area (Å²) in [6, 6.07) is -0.335. The maximum atomic E-state index is 10.7. The van der Waals surface area contributed by atoms with Crippen molar-refractivity contribution in [3.8, 4) is 0 Å². The quantitative estimate of drug-likeness (QED) is 0.543. The van der Waals surface area contributed by atoms with Gasteiger partial charge < -0.3 is 5.32 Å². The lowest BCUT2D eigenvalue weighted by molar-refractivity contribution is 0.243. The van der Waals surface area contributed by atoms with Gasteiger partial charge in [0.05, 0.1) is 22.3 Å². The minimum atomic E-state index is -0.335. The number of carbonyl (C=O) groups is 1. The second-order valence-corrected chi connectivity index (χ2v) is 3.14. The SMILES string of the molecule is CNC(=O)N/N=C/c1scnc1C. The predicted octanol–water partition coefficient (Wildman–Crippen LogP) is 0.714. The third kappa shape index (κ3) is 2.83. The van der Waals surface area contributed by atoms with E-state index in [4.69, 9.17) is 0 Å². The first-order valence-electron chi connectivity index (χ1n) is 3.65. The average molecular weight is 198 g/mol. The van der Waals surface area contributed by atoms with Gasteiger partial charge in [0.2, 0.25) is 0 Å². The van der Waals surface area contributed by atoms with E-state index < -0.39 is 0 Å². The van der Waals surface area contributed by atoms with E-state index >= 15 is 0 Å². The topological polar surface area (TPSA) is 66.4 Å². The second kappa shape index (κ2) is 4.56. The molecule has 1 aromatic heterocycles. The summed E-state index contributed by atoms with van der Waals surface area (Å²) in [6.45, 7) is 1.89. The molecule has 6 heteroatoms. The number of urea groups is 1. The van der Waals surface area contributed by atoms with E-state index in [0.29, 0.717) is 0 Å². The zero-order valence-corrected chi connectivity index (χ0v) is 8.18. The fraction of sp³-hybridized carbons (Fsp3) is 0.286. The molecule has 1 rings (SSSR count). The van der Waals surface area contributed by atoms with Crippen LogP contribution in [0.3, 0.4) is 0 Å². The van der Waals surface area contributed by atoms with Crippen LogP contribution in [0, 0.1) is 6.92 Å². The van der Waals surface area contributed by atoms with Gasteiger partial charge in [0.15, 0.2) is 0 Å². The number of aryl methyl sites for hydroxylation is 1. The van der Waals surface area contributed by atoms with Crippen LogP contribution in [-0.2, 0) is 0 Å². The van der Waals surface area contributed by atoms with Gasteiger partial charge in [0, 0.05) is 7.05 Å². The fourth-order valence-corrected chi connectivity index (χ4v) is 1.30. The third-order valence-electron chi connectivity index (χ3n) is 1.36. The van der Waals surface area contributed by atoms with Crippen LogP contribution >= 0.6 is 11.3 Å². The van der Waals surface area contributed by atoms with E-state index in [1.54, 1.807) is 11.7 Å². The number of hydrazone groups is 1. The third-order valence-corrected chi connectivity index (χ3v) is 2.22. The summed E-state index contributed by atoms with van der Waals surface area (Å²) >= 11 is 1.48. The Morgan fingerprint density at radius 3 is 3.08 bits per heavy atom. The van der Waals surface area contributed by atoms with E-state index in [2.05, 4.69) is 20.8 Å². The molecule has 0 aliphatic carbocycles. The number of nitrogens with zero attached hydrogens (tertiary/aromatic N) is 2. The van der Waals surface area contributed by atoms with Gasteiger partial charge in [-0.3, -0.25) is 0 Å². The van der Waals surface area contributed by atoms with Crippen molar-refractivity contribution in [2.45, 2.75) is 6.92 Å². The first-order chi connectivity index (χ1) is 6.24. The molecule has 0 saturated carbocycles. The second-order valence-electron chi connectivity index (χ2n) is 2.25. The van der Waals surface area contributed by atoms with Crippen LogP contribution in [0.25, 0.3) is 0 Å². The van der Waals surface area contributed by atoms with Crippen LogP contribution < -0.4 is 10.7 Å². The Morgan fingerprint density at radius 2 is 2.54 bits per heavy atom. The number of carbonyl (C=O) groups excluding carboxylic acids is 1. The Balaban J connectivity index is 2.50. The summed E-state index contributed by atoms with van der Waals surface area (Å²) < 4.78 is 0. The standard InChI is InChI=1S/C7H10N4OS/c1-5-6(13-4-9-5)3-10-11-7(12)8-2/h3-4H,1-2H3,(H2,8,11,12)/b10-3+. The Morgan fingerprint density at radius 1 is 1.77 bits per heavy atom. The molecule has 0 saturated heterocycles. The highest BCUT2D eigenvalue weighted by Gasteiger charge is 1.96. The van der Waals surface area contributed by atoms with Crippen molar-refractivity contribution in [3.05, 3.63) is 16.1 Å². The van der Waals surface area contributed by atoms with Gasteiger partial charge in [0.25, 0.3) is 0 Å². The molecule has 2 amide bonds. The molecule has 13 heavy (non-hydrogen) atoms. The lowest BCUT2D eigenvalue weighted by atomic mass is 10.4. The molecule has 0 unspecified atom stereocenters. The largest absolute Gasteiger partial charge is 0.340 e. The summed E-state index contributed by atoms with van der Waals surface area (Å²) in [5.74, 6) is 0. The van der Waals surface area contributed by atoms with Crippen LogP contribution in [-0.4, -0.2) is 24.3 Å². The van der Waals surface area contributed by atoms with Crippen molar-refractivity contribution in [1.82, 2.24) is 15.7 Å². The normalized spacial score (nSPS) is 10.3. The molecule has 0 spiro atoms. The number of nitrogens with one attached hydrogen (secondary N) is 2. The lowest BCUT2D eigenvalue weighted by Gasteiger charge is -1.94. The molecule has 2 N–H and O–H groups in total. The van der Waals surface area contributed by atoms with E-state index in [9.17, 15) is 4.79 Å². The van der Waals surface area contributed by atoms with Gasteiger partial charge in [-0.25, -0.2) is 15.2 Å². The first-order valence-corrected chi connectivity index (χ1v) is 4.53. The number of rotatable bonds is 2. The van der Waals surface area contributed by atoms with E-state index in [1.165, 1.54) is 18.4 Å². The maximum absolute atomic E-state index is 10.7. The fourth-order valence-electron chi connectivity index (χ4n) is 0.640. The monoisotopic (exact) mass is 198 g/mol. The molecule has 1 heterocycles. The van der Waals surface area contributed by atoms with Gasteiger partial charge in [-0.2, -0.15) is 5.10 Å². The molecule has 5 nitrogen and oxygen atoms in total. The Kier molecular flexibility index (Phi) is 3.39. The van der Waals surface area contributed by atoms with Crippen LogP contribution in [0.1, 0.15) is 10.6 Å². The summed E-state index contributed by atoms with van der Waals surface area (Å²) in [4.78, 5) is 15.7. The van der Waals surface area contributed by atoms with Gasteiger partial charge in [-0.05, 0) is 6.92 Å². The summed E-state index contributed by atoms with van der Waals surface area (Å²) in [7, 11) is 1.53. The van der Waals surface area contributed by atoms with Crippen molar-refractivity contribution in [2.75, 3.05) is 7.05 Å². The molecule has 0 aliphatic rings. The van der Waals surface area contributed by atoms with Crippen molar-refractivity contribution in [3.63, 3.8) is 0 Å². The van der Waals surface area contributed by atoms with Crippen LogP contribution in [0.5, 0.6) is 0 Å². The summed E-state index contributed by atoms with van der Waals surface area (Å²) in [5, 5.41) is 6.11. The molecule has 0 fully saturated rings. The number of hydrogen-bond acceptors (Lipinski definition) is 4. The lowest BCUT2D eigenvalue weighted by Crippen LogP contribution is -2.28. The maximum Gasteiger partial charge on any atom is 0.334 e. The van der Waals surface area contributed by atoms with E-state index in [-0.39, 0.29) is 6.03 Å². The van der Waals surface area contributed by atoms with Gasteiger partial charge in [-0.1, -0.05) is 0 Å². The molecule has 0 radical (unpaired) electrons. The highest BCUT2D eigenvalue weighted by Crippen LogP contribution is 2.07. The van der Waals surface area contributed by atoms with Crippen LogP contribution in [0.4, 0.5) is 4.79 Å². The Labute approximate surface area is 79.9 Å². The molecule has 1 aromatic rings. The molecule has 0 aliphatic heterocycles. The van der Waals surface area contributed by atoms with Gasteiger partial charge >= 0.3 is 6.03 Å². The minimum absolute atomic E-state index is 0.335.